The van der Waals surface area contributed by atoms with E-state index in [0.29, 0.717) is 25.3 Å². The number of amides is 1. The highest BCUT2D eigenvalue weighted by Gasteiger charge is 2.25. The first kappa shape index (κ1) is 16.4. The Hall–Kier alpha value is -0.620. The molecular weight excluding hydrogens is 264 g/mol. The number of carbonyl (C=O) groups is 1. The fourth-order valence-corrected chi connectivity index (χ4v) is 4.20. The van der Waals surface area contributed by atoms with E-state index in [9.17, 15) is 13.2 Å². The average Bonchev–Trinajstić information content (AvgIpc) is 2.33. The van der Waals surface area contributed by atoms with Crippen LogP contribution in [0.25, 0.3) is 0 Å². The van der Waals surface area contributed by atoms with Crippen molar-refractivity contribution in [1.82, 2.24) is 5.32 Å². The van der Waals surface area contributed by atoms with Crippen molar-refractivity contribution in [2.24, 2.45) is 11.7 Å². The van der Waals surface area contributed by atoms with E-state index in [0.717, 1.165) is 25.7 Å². The van der Waals surface area contributed by atoms with Gasteiger partial charge in [0, 0.05) is 12.5 Å². The second-order valence-electron chi connectivity index (χ2n) is 5.41. The van der Waals surface area contributed by atoms with Crippen LogP contribution in [-0.4, -0.2) is 38.4 Å². The molecule has 1 aliphatic rings. The first-order valence-electron chi connectivity index (χ1n) is 7.16. The summed E-state index contributed by atoms with van der Waals surface area (Å²) in [5.41, 5.74) is 5.52. The highest BCUT2D eigenvalue weighted by Crippen LogP contribution is 2.15. The summed E-state index contributed by atoms with van der Waals surface area (Å²) in [6.45, 7) is 2.76. The molecule has 2 atom stereocenters. The van der Waals surface area contributed by atoms with Crippen LogP contribution in [0.5, 0.6) is 0 Å². The maximum absolute atomic E-state index is 11.8. The largest absolute Gasteiger partial charge is 0.352 e. The normalized spacial score (nSPS) is 23.8. The minimum Gasteiger partial charge on any atom is -0.352 e. The minimum atomic E-state index is -2.95. The Bertz CT molecular complexity index is 381. The molecule has 2 unspecified atom stereocenters. The van der Waals surface area contributed by atoms with Crippen LogP contribution in [0.15, 0.2) is 0 Å². The molecule has 0 saturated carbocycles. The highest BCUT2D eigenvalue weighted by molar-refractivity contribution is 7.91. The lowest BCUT2D eigenvalue weighted by atomic mass is 9.96. The summed E-state index contributed by atoms with van der Waals surface area (Å²) < 4.78 is 22.9. The lowest BCUT2D eigenvalue weighted by Crippen LogP contribution is -2.43. The molecule has 0 aromatic carbocycles. The molecule has 0 aromatic rings. The van der Waals surface area contributed by atoms with Crippen LogP contribution in [0.4, 0.5) is 0 Å². The molecule has 112 valence electrons. The maximum atomic E-state index is 11.8. The SMILES string of the molecule is CCC(CCN)CCC(=O)NC1CCCS(=O)(=O)C1. The Morgan fingerprint density at radius 2 is 2.16 bits per heavy atom. The second kappa shape index (κ2) is 7.85. The molecular formula is C13H26N2O3S. The molecule has 0 aromatic heterocycles. The standard InChI is InChI=1S/C13H26N2O3S/c1-2-11(7-8-14)5-6-13(16)15-12-4-3-9-19(17,18)10-12/h11-12H,2-10,14H2,1H3,(H,15,16). The maximum Gasteiger partial charge on any atom is 0.220 e. The number of nitrogens with one attached hydrogen (secondary N) is 1. The lowest BCUT2D eigenvalue weighted by molar-refractivity contribution is -0.122. The van der Waals surface area contributed by atoms with Gasteiger partial charge in [-0.1, -0.05) is 13.3 Å². The summed E-state index contributed by atoms with van der Waals surface area (Å²) >= 11 is 0. The van der Waals surface area contributed by atoms with Crippen molar-refractivity contribution in [2.75, 3.05) is 18.1 Å². The van der Waals surface area contributed by atoms with Crippen LogP contribution < -0.4 is 11.1 Å². The van der Waals surface area contributed by atoms with E-state index in [-0.39, 0.29) is 23.5 Å². The summed E-state index contributed by atoms with van der Waals surface area (Å²) in [4.78, 5) is 11.8. The van der Waals surface area contributed by atoms with Gasteiger partial charge in [0.2, 0.25) is 5.91 Å². The van der Waals surface area contributed by atoms with Gasteiger partial charge in [-0.25, -0.2) is 8.42 Å². The zero-order valence-electron chi connectivity index (χ0n) is 11.7. The minimum absolute atomic E-state index is 0.0300. The van der Waals surface area contributed by atoms with Crippen molar-refractivity contribution in [1.29, 1.82) is 0 Å². The van der Waals surface area contributed by atoms with Crippen molar-refractivity contribution in [3.05, 3.63) is 0 Å². The second-order valence-corrected chi connectivity index (χ2v) is 7.64. The number of sulfone groups is 1. The summed E-state index contributed by atoms with van der Waals surface area (Å²) in [6, 6.07) is -0.194. The topological polar surface area (TPSA) is 89.3 Å². The molecule has 6 heteroatoms. The van der Waals surface area contributed by atoms with Gasteiger partial charge in [0.15, 0.2) is 9.84 Å². The molecule has 1 rings (SSSR count). The van der Waals surface area contributed by atoms with Crippen LogP contribution in [-0.2, 0) is 14.6 Å². The van der Waals surface area contributed by atoms with E-state index in [4.69, 9.17) is 5.73 Å². The summed E-state index contributed by atoms with van der Waals surface area (Å²) in [6.07, 6.45) is 4.70. The Kier molecular flexibility index (Phi) is 6.79. The lowest BCUT2D eigenvalue weighted by Gasteiger charge is -2.23. The van der Waals surface area contributed by atoms with Crippen molar-refractivity contribution in [2.45, 2.75) is 51.5 Å². The zero-order valence-corrected chi connectivity index (χ0v) is 12.5. The van der Waals surface area contributed by atoms with Crippen molar-refractivity contribution in [3.8, 4) is 0 Å². The van der Waals surface area contributed by atoms with Gasteiger partial charge < -0.3 is 11.1 Å². The molecule has 19 heavy (non-hydrogen) atoms. The molecule has 0 spiro atoms. The van der Waals surface area contributed by atoms with E-state index >= 15 is 0 Å². The number of hydrogen-bond acceptors (Lipinski definition) is 4. The van der Waals surface area contributed by atoms with E-state index in [1.807, 2.05) is 0 Å². The van der Waals surface area contributed by atoms with Gasteiger partial charge in [-0.05, 0) is 38.1 Å². The van der Waals surface area contributed by atoms with Gasteiger partial charge in [0.25, 0.3) is 0 Å². The van der Waals surface area contributed by atoms with E-state index in [1.165, 1.54) is 0 Å². The molecule has 1 heterocycles. The fraction of sp³-hybridized carbons (Fsp3) is 0.923. The molecule has 0 radical (unpaired) electrons. The van der Waals surface area contributed by atoms with Gasteiger partial charge in [-0.3, -0.25) is 4.79 Å². The summed E-state index contributed by atoms with van der Waals surface area (Å²) in [5, 5.41) is 2.85. The Labute approximate surface area is 116 Å². The number of nitrogens with two attached hydrogens (primary N) is 1. The van der Waals surface area contributed by atoms with Crippen LogP contribution in [0.3, 0.4) is 0 Å². The van der Waals surface area contributed by atoms with Crippen LogP contribution in [0, 0.1) is 5.92 Å². The molecule has 1 fully saturated rings. The molecule has 5 nitrogen and oxygen atoms in total. The highest BCUT2D eigenvalue weighted by atomic mass is 32.2. The predicted octanol–water partition coefficient (Wildman–Crippen LogP) is 0.835. The monoisotopic (exact) mass is 290 g/mol. The fourth-order valence-electron chi connectivity index (χ4n) is 2.56. The van der Waals surface area contributed by atoms with Gasteiger partial charge >= 0.3 is 0 Å². The third-order valence-corrected chi connectivity index (χ3v) is 5.58. The molecule has 1 amide bonds. The first-order chi connectivity index (χ1) is 8.96. The molecule has 1 aliphatic heterocycles. The third-order valence-electron chi connectivity index (χ3n) is 3.76. The number of hydrogen-bond donors (Lipinski definition) is 2. The smallest absolute Gasteiger partial charge is 0.220 e. The van der Waals surface area contributed by atoms with Crippen molar-refractivity contribution >= 4 is 15.7 Å². The zero-order chi connectivity index (χ0) is 14.3. The van der Waals surface area contributed by atoms with Crippen LogP contribution >= 0.6 is 0 Å². The third kappa shape index (κ3) is 6.38. The molecule has 1 saturated heterocycles. The van der Waals surface area contributed by atoms with Crippen molar-refractivity contribution in [3.63, 3.8) is 0 Å². The molecule has 3 N–H and O–H groups in total. The summed E-state index contributed by atoms with van der Waals surface area (Å²) in [5.74, 6) is 0.815. The van der Waals surface area contributed by atoms with Crippen LogP contribution in [0.1, 0.15) is 45.4 Å². The molecule has 0 aliphatic carbocycles. The first-order valence-corrected chi connectivity index (χ1v) is 8.99. The quantitative estimate of drug-likeness (QED) is 0.727. The Balaban J connectivity index is 2.31. The Morgan fingerprint density at radius 3 is 2.74 bits per heavy atom. The van der Waals surface area contributed by atoms with Gasteiger partial charge in [0.05, 0.1) is 11.5 Å². The van der Waals surface area contributed by atoms with E-state index in [1.54, 1.807) is 0 Å². The summed E-state index contributed by atoms with van der Waals surface area (Å²) in [7, 11) is -2.95. The van der Waals surface area contributed by atoms with Gasteiger partial charge in [0.1, 0.15) is 0 Å². The van der Waals surface area contributed by atoms with Crippen LogP contribution in [0.2, 0.25) is 0 Å². The number of carbonyl (C=O) groups excluding carboxylic acids is 1. The average molecular weight is 290 g/mol. The predicted molar refractivity (Wildman–Crippen MR) is 76.5 cm³/mol. The number of rotatable bonds is 7. The van der Waals surface area contributed by atoms with Gasteiger partial charge in [-0.2, -0.15) is 0 Å². The van der Waals surface area contributed by atoms with E-state index in [2.05, 4.69) is 12.2 Å². The Morgan fingerprint density at radius 1 is 1.42 bits per heavy atom. The van der Waals surface area contributed by atoms with Crippen molar-refractivity contribution < 1.29 is 13.2 Å². The van der Waals surface area contributed by atoms with E-state index < -0.39 is 9.84 Å². The van der Waals surface area contributed by atoms with Gasteiger partial charge in [-0.15, -0.1) is 0 Å². The molecule has 0 bridgehead atoms.